The minimum Gasteiger partial charge on any atom is -0.348 e. The summed E-state index contributed by atoms with van der Waals surface area (Å²) < 4.78 is 0. The highest BCUT2D eigenvalue weighted by molar-refractivity contribution is 6.04. The first-order valence-electron chi connectivity index (χ1n) is 14.3. The van der Waals surface area contributed by atoms with E-state index < -0.39 is 6.04 Å². The van der Waals surface area contributed by atoms with Gasteiger partial charge in [-0.2, -0.15) is 0 Å². The number of fused-ring (bicyclic) bond motifs is 1. The summed E-state index contributed by atoms with van der Waals surface area (Å²) in [6.07, 6.45) is 4.99. The monoisotopic (exact) mass is 570 g/mol. The molecule has 2 aromatic carbocycles. The van der Waals surface area contributed by atoms with E-state index in [1.54, 1.807) is 53.7 Å². The van der Waals surface area contributed by atoms with E-state index in [9.17, 15) is 14.4 Å². The van der Waals surface area contributed by atoms with Gasteiger partial charge in [0.1, 0.15) is 17.6 Å². The average Bonchev–Trinajstić information content (AvgIpc) is 3.36. The molecule has 43 heavy (non-hydrogen) atoms. The van der Waals surface area contributed by atoms with Crippen LogP contribution in [0.1, 0.15) is 62.0 Å². The highest BCUT2D eigenvalue weighted by atomic mass is 16.2. The van der Waals surface area contributed by atoms with E-state index in [1.807, 2.05) is 42.5 Å². The zero-order valence-electron chi connectivity index (χ0n) is 23.4. The van der Waals surface area contributed by atoms with Crippen LogP contribution in [-0.4, -0.2) is 51.7 Å². The standard InChI is InChI=1S/C34H30N6O3/c41-32(38-27-15-18-35-19-16-27)29-14-12-24(21-37-29)10-9-23-11-13-26-22-40(34(43)28(26)20-23)31(25-6-2-1-3-7-25)33(42)39-30-8-4-5-17-36-30/h1-8,11-14,17,20-21,27,31,35H,15-16,18-19,22H2,(H,38,41)(H,36,39,42). The maximum Gasteiger partial charge on any atom is 0.270 e. The fourth-order valence-corrected chi connectivity index (χ4v) is 5.32. The van der Waals surface area contributed by atoms with Crippen LogP contribution in [0.25, 0.3) is 0 Å². The largest absolute Gasteiger partial charge is 0.348 e. The van der Waals surface area contributed by atoms with Crippen LogP contribution in [0.4, 0.5) is 5.82 Å². The molecule has 9 heteroatoms. The second-order valence-electron chi connectivity index (χ2n) is 10.5. The molecular formula is C34H30N6O3. The van der Waals surface area contributed by atoms with Gasteiger partial charge in [-0.3, -0.25) is 14.4 Å². The van der Waals surface area contributed by atoms with Gasteiger partial charge in [0.15, 0.2) is 0 Å². The molecule has 214 valence electrons. The number of hydrogen-bond acceptors (Lipinski definition) is 6. The molecule has 1 saturated heterocycles. The van der Waals surface area contributed by atoms with Crippen molar-refractivity contribution >= 4 is 23.5 Å². The third-order valence-electron chi connectivity index (χ3n) is 7.55. The first-order chi connectivity index (χ1) is 21.0. The van der Waals surface area contributed by atoms with Crippen LogP contribution >= 0.6 is 0 Å². The Balaban J connectivity index is 1.17. The molecule has 4 heterocycles. The topological polar surface area (TPSA) is 116 Å². The van der Waals surface area contributed by atoms with Gasteiger partial charge in [0.05, 0.1) is 0 Å². The number of carbonyl (C=O) groups excluding carboxylic acids is 3. The maximum atomic E-state index is 13.7. The molecule has 0 radical (unpaired) electrons. The van der Waals surface area contributed by atoms with Gasteiger partial charge in [-0.25, -0.2) is 9.97 Å². The molecule has 2 aliphatic rings. The van der Waals surface area contributed by atoms with E-state index in [4.69, 9.17) is 0 Å². The van der Waals surface area contributed by atoms with Crippen LogP contribution in [0.2, 0.25) is 0 Å². The number of pyridine rings is 2. The Labute approximate surface area is 249 Å². The predicted octanol–water partition coefficient (Wildman–Crippen LogP) is 3.69. The highest BCUT2D eigenvalue weighted by Gasteiger charge is 2.37. The Hall–Kier alpha value is -5.33. The lowest BCUT2D eigenvalue weighted by molar-refractivity contribution is -0.120. The summed E-state index contributed by atoms with van der Waals surface area (Å²) in [5, 5.41) is 9.17. The third kappa shape index (κ3) is 6.45. The van der Waals surface area contributed by atoms with Crippen LogP contribution < -0.4 is 16.0 Å². The van der Waals surface area contributed by atoms with Crippen LogP contribution in [0.3, 0.4) is 0 Å². The molecule has 6 rings (SSSR count). The van der Waals surface area contributed by atoms with E-state index in [-0.39, 0.29) is 23.8 Å². The normalized spacial score (nSPS) is 15.2. The van der Waals surface area contributed by atoms with Gasteiger partial charge < -0.3 is 20.9 Å². The minimum absolute atomic E-state index is 0.159. The fraction of sp³-hybridized carbons (Fsp3) is 0.206. The molecule has 1 atom stereocenters. The number of amides is 3. The van der Waals surface area contributed by atoms with Crippen molar-refractivity contribution in [1.82, 2.24) is 25.5 Å². The van der Waals surface area contributed by atoms with Crippen molar-refractivity contribution in [3.8, 4) is 11.8 Å². The first kappa shape index (κ1) is 27.8. The van der Waals surface area contributed by atoms with Gasteiger partial charge in [0, 0.05) is 41.7 Å². The van der Waals surface area contributed by atoms with Crippen molar-refractivity contribution in [3.05, 3.63) is 125 Å². The van der Waals surface area contributed by atoms with Crippen LogP contribution in [0, 0.1) is 11.8 Å². The predicted molar refractivity (Wildman–Crippen MR) is 162 cm³/mol. The average molecular weight is 571 g/mol. The zero-order valence-corrected chi connectivity index (χ0v) is 23.4. The number of benzene rings is 2. The molecule has 4 aromatic rings. The highest BCUT2D eigenvalue weighted by Crippen LogP contribution is 2.33. The molecule has 0 aliphatic carbocycles. The molecule has 1 unspecified atom stereocenters. The minimum atomic E-state index is -0.839. The van der Waals surface area contributed by atoms with Gasteiger partial charge in [0.2, 0.25) is 0 Å². The molecule has 3 amide bonds. The summed E-state index contributed by atoms with van der Waals surface area (Å²) in [5.41, 5.74) is 3.72. The van der Waals surface area contributed by atoms with Crippen LogP contribution in [0.5, 0.6) is 0 Å². The van der Waals surface area contributed by atoms with Gasteiger partial charge in [-0.1, -0.05) is 54.3 Å². The van der Waals surface area contributed by atoms with Gasteiger partial charge in [-0.05, 0) is 73.5 Å². The second-order valence-corrected chi connectivity index (χ2v) is 10.5. The van der Waals surface area contributed by atoms with Crippen molar-refractivity contribution < 1.29 is 14.4 Å². The summed E-state index contributed by atoms with van der Waals surface area (Å²) in [6.45, 7) is 2.09. The number of anilines is 1. The van der Waals surface area contributed by atoms with Gasteiger partial charge >= 0.3 is 0 Å². The molecule has 2 aliphatic heterocycles. The lowest BCUT2D eigenvalue weighted by Gasteiger charge is -2.27. The molecule has 1 fully saturated rings. The number of carbonyl (C=O) groups is 3. The molecule has 0 bridgehead atoms. The van der Waals surface area contributed by atoms with Crippen molar-refractivity contribution in [3.63, 3.8) is 0 Å². The number of nitrogens with one attached hydrogen (secondary N) is 3. The lowest BCUT2D eigenvalue weighted by Crippen LogP contribution is -2.42. The van der Waals surface area contributed by atoms with E-state index in [0.29, 0.717) is 40.3 Å². The molecular weight excluding hydrogens is 540 g/mol. The zero-order chi connectivity index (χ0) is 29.6. The Morgan fingerprint density at radius 1 is 0.907 bits per heavy atom. The summed E-state index contributed by atoms with van der Waals surface area (Å²) >= 11 is 0. The second kappa shape index (κ2) is 12.7. The number of hydrogen-bond donors (Lipinski definition) is 3. The number of nitrogens with zero attached hydrogens (tertiary/aromatic N) is 3. The first-order valence-corrected chi connectivity index (χ1v) is 14.3. The Morgan fingerprint density at radius 2 is 1.67 bits per heavy atom. The van der Waals surface area contributed by atoms with Gasteiger partial charge in [-0.15, -0.1) is 0 Å². The smallest absolute Gasteiger partial charge is 0.270 e. The SMILES string of the molecule is O=C(NC1CCNCC1)c1ccc(C#Cc2ccc3c(c2)C(=O)N(C(C(=O)Nc2ccccn2)c2ccccc2)C3)cn1. The summed E-state index contributed by atoms with van der Waals surface area (Å²) in [5.74, 6) is 5.82. The Bertz CT molecular complexity index is 1690. The van der Waals surface area contributed by atoms with Crippen LogP contribution in [-0.2, 0) is 11.3 Å². The summed E-state index contributed by atoms with van der Waals surface area (Å²) in [7, 11) is 0. The van der Waals surface area contributed by atoms with E-state index in [0.717, 1.165) is 31.5 Å². The summed E-state index contributed by atoms with van der Waals surface area (Å²) in [4.78, 5) is 49.8. The molecule has 0 spiro atoms. The van der Waals surface area contributed by atoms with Crippen molar-refractivity contribution in [2.75, 3.05) is 18.4 Å². The number of piperidine rings is 1. The van der Waals surface area contributed by atoms with Crippen molar-refractivity contribution in [1.29, 1.82) is 0 Å². The molecule has 9 nitrogen and oxygen atoms in total. The molecule has 0 saturated carbocycles. The van der Waals surface area contributed by atoms with E-state index >= 15 is 0 Å². The number of aromatic nitrogens is 2. The van der Waals surface area contributed by atoms with Crippen molar-refractivity contribution in [2.24, 2.45) is 0 Å². The van der Waals surface area contributed by atoms with E-state index in [1.165, 1.54) is 0 Å². The lowest BCUT2D eigenvalue weighted by atomic mass is 10.0. The van der Waals surface area contributed by atoms with E-state index in [2.05, 4.69) is 37.8 Å². The number of rotatable bonds is 6. The molecule has 3 N–H and O–H groups in total. The van der Waals surface area contributed by atoms with Crippen molar-refractivity contribution in [2.45, 2.75) is 31.5 Å². The maximum absolute atomic E-state index is 13.7. The van der Waals surface area contributed by atoms with Crippen LogP contribution in [0.15, 0.2) is 91.3 Å². The Morgan fingerprint density at radius 3 is 2.42 bits per heavy atom. The summed E-state index contributed by atoms with van der Waals surface area (Å²) in [6, 6.07) is 22.8. The Kier molecular flexibility index (Phi) is 8.20. The van der Waals surface area contributed by atoms with Gasteiger partial charge in [0.25, 0.3) is 17.7 Å². The quantitative estimate of drug-likeness (QED) is 0.305. The molecule has 2 aromatic heterocycles. The fourth-order valence-electron chi connectivity index (χ4n) is 5.32. The third-order valence-corrected chi connectivity index (χ3v) is 7.55.